The fourth-order valence-electron chi connectivity index (χ4n) is 2.67. The molecule has 0 bridgehead atoms. The molecule has 118 valence electrons. The van der Waals surface area contributed by atoms with Crippen LogP contribution in [0.3, 0.4) is 0 Å². The van der Waals surface area contributed by atoms with E-state index in [1.54, 1.807) is 6.20 Å². The molecular formula is C16H15ClN4OS. The molecule has 1 aliphatic rings. The summed E-state index contributed by atoms with van der Waals surface area (Å²) in [6, 6.07) is 7.30. The molecule has 0 fully saturated rings. The van der Waals surface area contributed by atoms with Gasteiger partial charge in [0.15, 0.2) is 5.82 Å². The van der Waals surface area contributed by atoms with Gasteiger partial charge in [-0.3, -0.25) is 10.1 Å². The third-order valence-electron chi connectivity index (χ3n) is 3.77. The van der Waals surface area contributed by atoms with Gasteiger partial charge in [0.05, 0.1) is 12.2 Å². The van der Waals surface area contributed by atoms with Crippen molar-refractivity contribution in [2.45, 2.75) is 19.5 Å². The van der Waals surface area contributed by atoms with E-state index in [9.17, 15) is 4.79 Å². The van der Waals surface area contributed by atoms with Gasteiger partial charge in [-0.1, -0.05) is 17.7 Å². The van der Waals surface area contributed by atoms with Crippen LogP contribution in [-0.4, -0.2) is 15.9 Å². The number of anilines is 1. The highest BCUT2D eigenvalue weighted by atomic mass is 35.5. The average Bonchev–Trinajstić information content (AvgIpc) is 3.01. The van der Waals surface area contributed by atoms with Crippen molar-refractivity contribution in [2.24, 2.45) is 5.73 Å². The number of nitrogens with two attached hydrogens (primary N) is 1. The maximum atomic E-state index is 12.0. The maximum absolute atomic E-state index is 12.0. The molecule has 1 aliphatic heterocycles. The summed E-state index contributed by atoms with van der Waals surface area (Å²) in [5, 5.41) is 6.00. The number of amides is 1. The first kappa shape index (κ1) is 15.8. The zero-order chi connectivity index (χ0) is 16.6. The molecule has 2 aromatic rings. The highest BCUT2D eigenvalue weighted by Crippen LogP contribution is 2.30. The largest absolute Gasteiger partial charge is 0.355 e. The molecule has 4 N–H and O–H groups in total. The van der Waals surface area contributed by atoms with Crippen LogP contribution in [0.25, 0.3) is 0 Å². The number of fused-ring (bicyclic) bond motifs is 1. The van der Waals surface area contributed by atoms with E-state index in [4.69, 9.17) is 29.6 Å². The molecule has 1 amide bonds. The standard InChI is InChI=1S/C16H15ClN4OS/c1-9(18)12-6-11(17)3-2-10(12)7-21-13-4-5-19-15(13)16(22)20-14(21)8-23/h2-6,9,19H,7,18H2,1H3,(H,20,22)/t9-/m0/s1. The maximum Gasteiger partial charge on any atom is 0.275 e. The molecule has 7 heteroatoms. The van der Waals surface area contributed by atoms with E-state index < -0.39 is 0 Å². The number of hydrogen-bond acceptors (Lipinski definition) is 4. The number of nitrogens with one attached hydrogen (secondary N) is 2. The van der Waals surface area contributed by atoms with Crippen LogP contribution in [0.15, 0.2) is 36.3 Å². The van der Waals surface area contributed by atoms with E-state index in [-0.39, 0.29) is 11.9 Å². The normalized spacial score (nSPS) is 15.0. The lowest BCUT2D eigenvalue weighted by atomic mass is 10.0. The van der Waals surface area contributed by atoms with Gasteiger partial charge in [-0.25, -0.2) is 0 Å². The second kappa shape index (κ2) is 6.18. The van der Waals surface area contributed by atoms with Crippen molar-refractivity contribution in [3.63, 3.8) is 0 Å². The van der Waals surface area contributed by atoms with E-state index in [0.29, 0.717) is 23.1 Å². The first-order valence-corrected chi connectivity index (χ1v) is 7.85. The number of thiocarbonyl (C=S) groups is 1. The third-order valence-corrected chi connectivity index (χ3v) is 4.20. The van der Waals surface area contributed by atoms with Crippen molar-refractivity contribution >= 4 is 40.4 Å². The first-order chi connectivity index (χ1) is 11.0. The predicted octanol–water partition coefficient (Wildman–Crippen LogP) is 2.88. The molecule has 0 saturated heterocycles. The summed E-state index contributed by atoms with van der Waals surface area (Å²) in [6.45, 7) is 2.41. The molecule has 0 radical (unpaired) electrons. The second-order valence-electron chi connectivity index (χ2n) is 5.36. The van der Waals surface area contributed by atoms with Gasteiger partial charge in [0.2, 0.25) is 0 Å². The number of H-pyrrole nitrogens is 1. The van der Waals surface area contributed by atoms with Gasteiger partial charge in [-0.05, 0) is 53.5 Å². The van der Waals surface area contributed by atoms with Crippen LogP contribution in [0.2, 0.25) is 5.02 Å². The van der Waals surface area contributed by atoms with Crippen molar-refractivity contribution in [1.82, 2.24) is 10.3 Å². The molecule has 0 saturated carbocycles. The van der Waals surface area contributed by atoms with Crippen molar-refractivity contribution in [1.29, 1.82) is 0 Å². The molecule has 23 heavy (non-hydrogen) atoms. The summed E-state index contributed by atoms with van der Waals surface area (Å²) in [4.78, 5) is 16.9. The Balaban J connectivity index is 2.04. The SMILES string of the molecule is C[C@H](N)c1cc(Cl)ccc1CN1C(=C=S)NC(=O)c2[nH]ccc21. The van der Waals surface area contributed by atoms with Crippen molar-refractivity contribution in [3.05, 3.63) is 58.1 Å². The molecular weight excluding hydrogens is 332 g/mol. The van der Waals surface area contributed by atoms with Crippen LogP contribution < -0.4 is 16.0 Å². The Morgan fingerprint density at radius 2 is 2.22 bits per heavy atom. The van der Waals surface area contributed by atoms with Gasteiger partial charge >= 0.3 is 0 Å². The van der Waals surface area contributed by atoms with Crippen LogP contribution in [0, 0.1) is 0 Å². The summed E-state index contributed by atoms with van der Waals surface area (Å²) >= 11 is 11.0. The fraction of sp³-hybridized carbons (Fsp3) is 0.188. The number of hydrogen-bond donors (Lipinski definition) is 3. The summed E-state index contributed by atoms with van der Waals surface area (Å²) in [7, 11) is 0. The van der Waals surface area contributed by atoms with E-state index >= 15 is 0 Å². The van der Waals surface area contributed by atoms with E-state index in [0.717, 1.165) is 16.8 Å². The van der Waals surface area contributed by atoms with Gasteiger partial charge in [0.25, 0.3) is 5.91 Å². The summed E-state index contributed by atoms with van der Waals surface area (Å²) in [5.41, 5.74) is 9.27. The minimum Gasteiger partial charge on any atom is -0.355 e. The van der Waals surface area contributed by atoms with Crippen LogP contribution in [0.1, 0.15) is 34.6 Å². The zero-order valence-electron chi connectivity index (χ0n) is 12.4. The number of aromatic amines is 1. The van der Waals surface area contributed by atoms with Gasteiger partial charge in [0.1, 0.15) is 5.69 Å². The fourth-order valence-corrected chi connectivity index (χ4v) is 3.02. The molecule has 2 heterocycles. The lowest BCUT2D eigenvalue weighted by Crippen LogP contribution is -2.41. The van der Waals surface area contributed by atoms with E-state index in [1.165, 1.54) is 0 Å². The second-order valence-corrected chi connectivity index (χ2v) is 6.00. The van der Waals surface area contributed by atoms with E-state index in [1.807, 2.05) is 36.1 Å². The topological polar surface area (TPSA) is 74.2 Å². The molecule has 0 aliphatic carbocycles. The zero-order valence-corrected chi connectivity index (χ0v) is 14.0. The van der Waals surface area contributed by atoms with Crippen LogP contribution in [-0.2, 0) is 6.54 Å². The Hall–Kier alpha value is -2.11. The van der Waals surface area contributed by atoms with Gasteiger partial charge < -0.3 is 15.6 Å². The number of carbonyl (C=O) groups is 1. The van der Waals surface area contributed by atoms with Gasteiger partial charge in [-0.2, -0.15) is 0 Å². The number of nitrogens with zero attached hydrogens (tertiary/aromatic N) is 1. The van der Waals surface area contributed by atoms with Crippen molar-refractivity contribution in [2.75, 3.05) is 4.90 Å². The van der Waals surface area contributed by atoms with Crippen LogP contribution in [0.4, 0.5) is 5.69 Å². The summed E-state index contributed by atoms with van der Waals surface area (Å²) in [5.74, 6) is 0.222. The lowest BCUT2D eigenvalue weighted by Gasteiger charge is -2.30. The van der Waals surface area contributed by atoms with Crippen molar-refractivity contribution < 1.29 is 4.79 Å². The molecule has 1 atom stereocenters. The number of rotatable bonds is 3. The summed E-state index contributed by atoms with van der Waals surface area (Å²) in [6.07, 6.45) is 1.72. The first-order valence-electron chi connectivity index (χ1n) is 7.06. The Kier molecular flexibility index (Phi) is 4.24. The minimum atomic E-state index is -0.225. The van der Waals surface area contributed by atoms with Gasteiger partial charge in [0, 0.05) is 17.3 Å². The van der Waals surface area contributed by atoms with Crippen LogP contribution >= 0.6 is 23.8 Å². The summed E-state index contributed by atoms with van der Waals surface area (Å²) < 4.78 is 0. The predicted molar refractivity (Wildman–Crippen MR) is 94.6 cm³/mol. The lowest BCUT2D eigenvalue weighted by molar-refractivity contribution is 0.0957. The molecule has 5 nitrogen and oxygen atoms in total. The molecule has 1 aromatic carbocycles. The quantitative estimate of drug-likeness (QED) is 0.747. The van der Waals surface area contributed by atoms with Crippen molar-refractivity contribution in [3.8, 4) is 0 Å². The number of benzene rings is 1. The Morgan fingerprint density at radius 3 is 2.91 bits per heavy atom. The molecule has 3 rings (SSSR count). The third kappa shape index (κ3) is 2.90. The highest BCUT2D eigenvalue weighted by molar-refractivity contribution is 7.78. The monoisotopic (exact) mass is 346 g/mol. The Bertz CT molecular complexity index is 823. The molecule has 0 spiro atoms. The number of halogens is 1. The molecule has 1 aromatic heterocycles. The van der Waals surface area contributed by atoms with E-state index in [2.05, 4.69) is 15.3 Å². The number of carbonyl (C=O) groups excluding carboxylic acids is 1. The van der Waals surface area contributed by atoms with Gasteiger partial charge in [-0.15, -0.1) is 0 Å². The Labute approximate surface area is 144 Å². The average molecular weight is 347 g/mol. The highest BCUT2D eigenvalue weighted by Gasteiger charge is 2.28. The minimum absolute atomic E-state index is 0.159. The molecule has 0 unspecified atom stereocenters. The smallest absolute Gasteiger partial charge is 0.275 e. The van der Waals surface area contributed by atoms with Crippen LogP contribution in [0.5, 0.6) is 0 Å². The number of aromatic nitrogens is 1. The Morgan fingerprint density at radius 1 is 1.43 bits per heavy atom.